The van der Waals surface area contributed by atoms with Crippen LogP contribution in [-0.2, 0) is 4.79 Å². The molecule has 0 fully saturated rings. The highest BCUT2D eigenvalue weighted by molar-refractivity contribution is 6.02. The topological polar surface area (TPSA) is 148 Å². The number of non-ortho nitro benzene ring substituents is 1. The maximum absolute atomic E-state index is 13.1. The number of benzene rings is 2. The van der Waals surface area contributed by atoms with Gasteiger partial charge in [-0.1, -0.05) is 12.6 Å². The van der Waals surface area contributed by atoms with Gasteiger partial charge in [0.25, 0.3) is 11.2 Å². The Labute approximate surface area is 242 Å². The average Bonchev–Trinajstić information content (AvgIpc) is 2.96. The normalized spacial score (nSPS) is 10.9. The standard InChI is InChI=1S/C29H32N8O5/c1-7-26(38)31-22-15-23(25(42-6)16-24(22)35(5)12-11-34(3)4)32-29-30-17-21-18(2)13-27(39)36(28(21)33-29)19-9-8-10-20(14-19)37(40)41/h7-10,13-17H,1,11-12H2,2-6H3,(H,31,38)(H,30,32,33). The number of pyridine rings is 1. The third kappa shape index (κ3) is 6.36. The van der Waals surface area contributed by atoms with Crippen LogP contribution < -0.4 is 25.8 Å². The molecule has 0 saturated carbocycles. The number of amides is 1. The molecule has 0 saturated heterocycles. The summed E-state index contributed by atoms with van der Waals surface area (Å²) in [4.78, 5) is 49.4. The van der Waals surface area contributed by atoms with Gasteiger partial charge in [-0.05, 0) is 44.8 Å². The van der Waals surface area contributed by atoms with Crippen LogP contribution in [0.15, 0.2) is 66.1 Å². The van der Waals surface area contributed by atoms with E-state index in [0.29, 0.717) is 40.3 Å². The Bertz CT molecular complexity index is 1730. The number of fused-ring (bicyclic) bond motifs is 1. The van der Waals surface area contributed by atoms with E-state index in [-0.39, 0.29) is 23.2 Å². The molecular formula is C29H32N8O5. The fraction of sp³-hybridized carbons (Fsp3) is 0.241. The number of nitrogens with one attached hydrogen (secondary N) is 2. The number of carbonyl (C=O) groups excluding carboxylic acids is 1. The highest BCUT2D eigenvalue weighted by Gasteiger charge is 2.18. The predicted octanol–water partition coefficient (Wildman–Crippen LogP) is 3.87. The summed E-state index contributed by atoms with van der Waals surface area (Å²) in [6.45, 7) is 6.78. The summed E-state index contributed by atoms with van der Waals surface area (Å²) in [7, 11) is 7.39. The molecule has 13 heteroatoms. The van der Waals surface area contributed by atoms with E-state index in [0.717, 1.165) is 12.2 Å². The van der Waals surface area contributed by atoms with E-state index in [1.165, 1.54) is 42.0 Å². The Balaban J connectivity index is 1.83. The summed E-state index contributed by atoms with van der Waals surface area (Å²) in [5.41, 5.74) is 2.34. The Morgan fingerprint density at radius 1 is 1.17 bits per heavy atom. The summed E-state index contributed by atoms with van der Waals surface area (Å²) in [6, 6.07) is 10.7. The van der Waals surface area contributed by atoms with Gasteiger partial charge in [0.15, 0.2) is 5.65 Å². The van der Waals surface area contributed by atoms with E-state index in [1.807, 2.05) is 26.0 Å². The van der Waals surface area contributed by atoms with Crippen molar-refractivity contribution in [2.24, 2.45) is 0 Å². The molecule has 1 amide bonds. The van der Waals surface area contributed by atoms with Crippen LogP contribution in [0, 0.1) is 17.0 Å². The molecule has 2 heterocycles. The van der Waals surface area contributed by atoms with Crippen LogP contribution in [0.1, 0.15) is 5.56 Å². The lowest BCUT2D eigenvalue weighted by Gasteiger charge is -2.26. The summed E-state index contributed by atoms with van der Waals surface area (Å²) >= 11 is 0. The molecule has 0 unspecified atom stereocenters. The van der Waals surface area contributed by atoms with E-state index < -0.39 is 10.5 Å². The monoisotopic (exact) mass is 572 g/mol. The molecule has 2 aromatic heterocycles. The van der Waals surface area contributed by atoms with Crippen molar-refractivity contribution in [3.63, 3.8) is 0 Å². The molecule has 2 aromatic carbocycles. The quantitative estimate of drug-likeness (QED) is 0.154. The third-order valence-corrected chi connectivity index (χ3v) is 6.57. The van der Waals surface area contributed by atoms with Crippen molar-refractivity contribution in [3.05, 3.63) is 87.3 Å². The first-order valence-corrected chi connectivity index (χ1v) is 12.9. The van der Waals surface area contributed by atoms with Gasteiger partial charge in [-0.15, -0.1) is 0 Å². The lowest BCUT2D eigenvalue weighted by atomic mass is 10.2. The average molecular weight is 573 g/mol. The van der Waals surface area contributed by atoms with Crippen LogP contribution in [0.5, 0.6) is 5.75 Å². The van der Waals surface area contributed by atoms with Crippen LogP contribution in [-0.4, -0.2) is 71.6 Å². The summed E-state index contributed by atoms with van der Waals surface area (Å²) in [6.07, 6.45) is 2.76. The number of aryl methyl sites for hydroxylation is 1. The number of rotatable bonds is 11. The lowest BCUT2D eigenvalue weighted by molar-refractivity contribution is -0.384. The first-order chi connectivity index (χ1) is 20.0. The van der Waals surface area contributed by atoms with Gasteiger partial charge in [0, 0.05) is 56.0 Å². The number of anilines is 4. The van der Waals surface area contributed by atoms with Gasteiger partial charge < -0.3 is 25.2 Å². The fourth-order valence-corrected chi connectivity index (χ4v) is 4.34. The summed E-state index contributed by atoms with van der Waals surface area (Å²) in [5.74, 6) is 0.216. The van der Waals surface area contributed by atoms with Crippen molar-refractivity contribution in [1.82, 2.24) is 19.4 Å². The minimum Gasteiger partial charge on any atom is -0.494 e. The second-order valence-electron chi connectivity index (χ2n) is 9.82. The first-order valence-electron chi connectivity index (χ1n) is 12.9. The molecule has 0 bridgehead atoms. The van der Waals surface area contributed by atoms with Gasteiger partial charge >= 0.3 is 0 Å². The molecule has 0 spiro atoms. The molecule has 0 aliphatic carbocycles. The van der Waals surface area contributed by atoms with Gasteiger partial charge in [-0.2, -0.15) is 4.98 Å². The van der Waals surface area contributed by atoms with E-state index >= 15 is 0 Å². The number of ether oxygens (including phenoxy) is 1. The SMILES string of the molecule is C=CC(=O)Nc1cc(Nc2ncc3c(C)cc(=O)n(-c4cccc([N+](=O)[O-])c4)c3n2)c(OC)cc1N(C)CCN(C)C. The van der Waals surface area contributed by atoms with Crippen LogP contribution >= 0.6 is 0 Å². The molecule has 4 rings (SSSR count). The van der Waals surface area contributed by atoms with Gasteiger partial charge in [-0.3, -0.25) is 24.3 Å². The molecule has 0 radical (unpaired) electrons. The molecule has 0 aliphatic rings. The molecule has 0 atom stereocenters. The van der Waals surface area contributed by atoms with Crippen LogP contribution in [0.2, 0.25) is 0 Å². The van der Waals surface area contributed by atoms with Crippen molar-refractivity contribution in [2.75, 3.05) is 56.9 Å². The first kappa shape index (κ1) is 29.7. The van der Waals surface area contributed by atoms with Gasteiger partial charge in [-0.25, -0.2) is 4.98 Å². The smallest absolute Gasteiger partial charge is 0.271 e. The Kier molecular flexibility index (Phi) is 8.82. The van der Waals surface area contributed by atoms with Crippen molar-refractivity contribution in [3.8, 4) is 11.4 Å². The predicted molar refractivity (Wildman–Crippen MR) is 163 cm³/mol. The molecule has 218 valence electrons. The number of nitrogens with zero attached hydrogens (tertiary/aromatic N) is 6. The van der Waals surface area contributed by atoms with Gasteiger partial charge in [0.1, 0.15) is 5.75 Å². The number of nitro groups is 1. The van der Waals surface area contributed by atoms with Crippen LogP contribution in [0.3, 0.4) is 0 Å². The second kappa shape index (κ2) is 12.5. The second-order valence-corrected chi connectivity index (χ2v) is 9.82. The molecule has 2 N–H and O–H groups in total. The lowest BCUT2D eigenvalue weighted by Crippen LogP contribution is -2.29. The van der Waals surface area contributed by atoms with Crippen molar-refractivity contribution in [1.29, 1.82) is 0 Å². The number of carbonyl (C=O) groups is 1. The molecule has 0 aliphatic heterocycles. The van der Waals surface area contributed by atoms with Crippen molar-refractivity contribution >= 4 is 45.6 Å². The number of methoxy groups -OCH3 is 1. The van der Waals surface area contributed by atoms with Crippen LogP contribution in [0.25, 0.3) is 16.7 Å². The van der Waals surface area contributed by atoms with E-state index in [2.05, 4.69) is 32.1 Å². The number of hydrogen-bond acceptors (Lipinski definition) is 10. The zero-order chi connectivity index (χ0) is 30.6. The fourth-order valence-electron chi connectivity index (χ4n) is 4.34. The minimum atomic E-state index is -0.524. The number of aromatic nitrogens is 3. The Morgan fingerprint density at radius 2 is 1.93 bits per heavy atom. The highest BCUT2D eigenvalue weighted by atomic mass is 16.6. The zero-order valence-corrected chi connectivity index (χ0v) is 24.0. The van der Waals surface area contributed by atoms with Crippen molar-refractivity contribution < 1.29 is 14.5 Å². The number of likely N-dealkylation sites (N-methyl/N-ethyl adjacent to an activating group) is 2. The van der Waals surface area contributed by atoms with Crippen molar-refractivity contribution in [2.45, 2.75) is 6.92 Å². The molecule has 4 aromatic rings. The molecular weight excluding hydrogens is 540 g/mol. The number of hydrogen-bond donors (Lipinski definition) is 2. The van der Waals surface area contributed by atoms with Gasteiger partial charge in [0.05, 0.1) is 34.8 Å². The number of nitro benzene ring substituents is 1. The van der Waals surface area contributed by atoms with E-state index in [4.69, 9.17) is 4.74 Å². The van der Waals surface area contributed by atoms with E-state index in [9.17, 15) is 19.7 Å². The Morgan fingerprint density at radius 3 is 2.60 bits per heavy atom. The Hall–Kier alpha value is -5.30. The van der Waals surface area contributed by atoms with Gasteiger partial charge in [0.2, 0.25) is 11.9 Å². The molecule has 13 nitrogen and oxygen atoms in total. The highest BCUT2D eigenvalue weighted by Crippen LogP contribution is 2.38. The third-order valence-electron chi connectivity index (χ3n) is 6.57. The summed E-state index contributed by atoms with van der Waals surface area (Å²) in [5, 5.41) is 18.0. The largest absolute Gasteiger partial charge is 0.494 e. The maximum Gasteiger partial charge on any atom is 0.271 e. The minimum absolute atomic E-state index is 0.139. The van der Waals surface area contributed by atoms with Crippen LogP contribution in [0.4, 0.5) is 28.7 Å². The summed E-state index contributed by atoms with van der Waals surface area (Å²) < 4.78 is 6.97. The molecule has 42 heavy (non-hydrogen) atoms. The maximum atomic E-state index is 13.1. The zero-order valence-electron chi connectivity index (χ0n) is 24.0. The van der Waals surface area contributed by atoms with E-state index in [1.54, 1.807) is 31.3 Å².